The van der Waals surface area contributed by atoms with E-state index >= 15 is 0 Å². The molecule has 1 atom stereocenters. The zero-order valence-electron chi connectivity index (χ0n) is 39.3. The van der Waals surface area contributed by atoms with Gasteiger partial charge in [-0.15, -0.1) is 0 Å². The van der Waals surface area contributed by atoms with Crippen LogP contribution >= 0.6 is 0 Å². The Morgan fingerprint density at radius 3 is 1.74 bits per heavy atom. The van der Waals surface area contributed by atoms with E-state index in [1.165, 1.54) is 110 Å². The first-order chi connectivity index (χ1) is 34.4. The number of aromatic nitrogens is 2. The summed E-state index contributed by atoms with van der Waals surface area (Å²) in [6, 6.07) is 86.9. The Hall–Kier alpha value is -8.66. The number of anilines is 3. The van der Waals surface area contributed by atoms with Crippen LogP contribution in [0.5, 0.6) is 0 Å². The summed E-state index contributed by atoms with van der Waals surface area (Å²) >= 11 is 0. The number of benzene rings is 11. The minimum Gasteiger partial charge on any atom is -0.310 e. The third-order valence-corrected chi connectivity index (χ3v) is 15.8. The summed E-state index contributed by atoms with van der Waals surface area (Å²) in [6.07, 6.45) is 0. The normalized spacial score (nSPS) is 14.8. The van der Waals surface area contributed by atoms with Crippen LogP contribution in [0.4, 0.5) is 17.1 Å². The Kier molecular flexibility index (Phi) is 7.98. The molecule has 0 saturated carbocycles. The van der Waals surface area contributed by atoms with E-state index in [0.29, 0.717) is 0 Å². The molecule has 13 aromatic rings. The molecule has 1 aliphatic heterocycles. The molecule has 11 aromatic carbocycles. The van der Waals surface area contributed by atoms with Crippen molar-refractivity contribution >= 4 is 82.2 Å². The summed E-state index contributed by atoms with van der Waals surface area (Å²) in [4.78, 5) is 2.55. The van der Waals surface area contributed by atoms with Crippen molar-refractivity contribution in [1.82, 2.24) is 9.13 Å². The summed E-state index contributed by atoms with van der Waals surface area (Å²) < 4.78 is 4.96. The molecule has 1 unspecified atom stereocenters. The molecule has 1 spiro atoms. The fourth-order valence-electron chi connectivity index (χ4n) is 12.9. The molecule has 2 aromatic heterocycles. The van der Waals surface area contributed by atoms with E-state index in [0.717, 1.165) is 22.7 Å². The Balaban J connectivity index is 1.10. The van der Waals surface area contributed by atoms with E-state index < -0.39 is 5.41 Å². The molecule has 2 aliphatic rings. The molecular formula is C67H47N3. The Morgan fingerprint density at radius 1 is 0.371 bits per heavy atom. The zero-order valence-corrected chi connectivity index (χ0v) is 39.3. The third-order valence-electron chi connectivity index (χ3n) is 15.8. The van der Waals surface area contributed by atoms with Gasteiger partial charge in [-0.05, 0) is 127 Å². The molecule has 3 nitrogen and oxygen atoms in total. The SMILES string of the molecule is CC(C)(C)c1ccc(N(c2ccc3c(c2)c2ccccc2n3-c2ccccc2)c2cc3c(c4ccccc24)-c2c(ccc4ccccc24)C32c3ccccc3-n3c4ccccc4c4cccc2c43)cc1. The van der Waals surface area contributed by atoms with Crippen molar-refractivity contribution in [2.24, 2.45) is 0 Å². The predicted molar refractivity (Wildman–Crippen MR) is 294 cm³/mol. The molecule has 3 heterocycles. The standard InChI is InChI=1S/C67H47N3/c1-66(2,3)43-33-35-45(36-34-43)68(46-37-39-60-53(40-46)50-24-12-14-29-58(50)69(60)44-19-5-4-6-20-44)62-41-57-64(51-25-10-9-22-48(51)62)63-47-21-8-7-18-42(47)32-38-55(63)67(57)54-27-13-16-31-61(54)70-59-30-15-11-23-49(59)52-26-17-28-56(67)65(52)70/h4-41H,1-3H3. The number of fused-ring (bicyclic) bond motifs is 19. The van der Waals surface area contributed by atoms with E-state index in [9.17, 15) is 0 Å². The summed E-state index contributed by atoms with van der Waals surface area (Å²) in [5, 5.41) is 9.99. The maximum absolute atomic E-state index is 2.59. The monoisotopic (exact) mass is 893 g/mol. The third kappa shape index (κ3) is 5.13. The smallest absolute Gasteiger partial charge is 0.0755 e. The van der Waals surface area contributed by atoms with Crippen LogP contribution < -0.4 is 4.90 Å². The van der Waals surface area contributed by atoms with Crippen LogP contribution in [0.15, 0.2) is 231 Å². The molecule has 0 radical (unpaired) electrons. The van der Waals surface area contributed by atoms with Crippen LogP contribution in [0.3, 0.4) is 0 Å². The lowest BCUT2D eigenvalue weighted by molar-refractivity contribution is 0.590. The highest BCUT2D eigenvalue weighted by Gasteiger charge is 2.52. The summed E-state index contributed by atoms with van der Waals surface area (Å²) in [7, 11) is 0. The van der Waals surface area contributed by atoms with Gasteiger partial charge in [0.1, 0.15) is 0 Å². The Labute approximate surface area is 406 Å². The van der Waals surface area contributed by atoms with Crippen molar-refractivity contribution < 1.29 is 0 Å². The lowest BCUT2D eigenvalue weighted by atomic mass is 9.65. The van der Waals surface area contributed by atoms with Gasteiger partial charge in [0.25, 0.3) is 0 Å². The first kappa shape index (κ1) is 39.3. The van der Waals surface area contributed by atoms with Gasteiger partial charge < -0.3 is 14.0 Å². The molecule has 0 saturated heterocycles. The molecule has 70 heavy (non-hydrogen) atoms. The van der Waals surface area contributed by atoms with E-state index in [1.807, 2.05) is 0 Å². The van der Waals surface area contributed by atoms with Crippen molar-refractivity contribution in [2.75, 3.05) is 4.90 Å². The largest absolute Gasteiger partial charge is 0.310 e. The van der Waals surface area contributed by atoms with Gasteiger partial charge in [-0.2, -0.15) is 0 Å². The number of para-hydroxylation sites is 5. The molecule has 15 rings (SSSR count). The van der Waals surface area contributed by atoms with Crippen LogP contribution in [-0.4, -0.2) is 9.13 Å². The molecular weight excluding hydrogens is 847 g/mol. The second-order valence-electron chi connectivity index (χ2n) is 20.4. The zero-order chi connectivity index (χ0) is 46.5. The quantitative estimate of drug-likeness (QED) is 0.172. The predicted octanol–water partition coefficient (Wildman–Crippen LogP) is 17.6. The van der Waals surface area contributed by atoms with E-state index in [4.69, 9.17) is 0 Å². The maximum atomic E-state index is 2.59. The van der Waals surface area contributed by atoms with Gasteiger partial charge in [0.15, 0.2) is 0 Å². The maximum Gasteiger partial charge on any atom is 0.0755 e. The van der Waals surface area contributed by atoms with Crippen LogP contribution in [-0.2, 0) is 10.8 Å². The van der Waals surface area contributed by atoms with Crippen molar-refractivity contribution in [3.05, 3.63) is 258 Å². The minimum absolute atomic E-state index is 0.000589. The molecule has 0 bridgehead atoms. The fraction of sp³-hybridized carbons (Fsp3) is 0.0746. The first-order valence-electron chi connectivity index (χ1n) is 24.6. The number of nitrogens with zero attached hydrogens (tertiary/aromatic N) is 3. The van der Waals surface area contributed by atoms with Crippen LogP contribution in [0.25, 0.3) is 87.7 Å². The lowest BCUT2D eigenvalue weighted by Crippen LogP contribution is -2.33. The highest BCUT2D eigenvalue weighted by Crippen LogP contribution is 2.64. The molecule has 0 fully saturated rings. The van der Waals surface area contributed by atoms with Gasteiger partial charge in [0.2, 0.25) is 0 Å². The average molecular weight is 894 g/mol. The van der Waals surface area contributed by atoms with Gasteiger partial charge in [0, 0.05) is 44.0 Å². The molecule has 1 aliphatic carbocycles. The Morgan fingerprint density at radius 2 is 0.957 bits per heavy atom. The van der Waals surface area contributed by atoms with Crippen molar-refractivity contribution in [2.45, 2.75) is 31.6 Å². The average Bonchev–Trinajstić information content (AvgIpc) is 4.04. The molecule has 0 amide bonds. The first-order valence-corrected chi connectivity index (χ1v) is 24.6. The molecule has 3 heteroatoms. The number of hydrogen-bond donors (Lipinski definition) is 0. The van der Waals surface area contributed by atoms with Crippen molar-refractivity contribution in [3.8, 4) is 22.5 Å². The molecule has 330 valence electrons. The van der Waals surface area contributed by atoms with Gasteiger partial charge in [-0.25, -0.2) is 0 Å². The number of hydrogen-bond acceptors (Lipinski definition) is 1. The lowest BCUT2D eigenvalue weighted by Gasteiger charge is -2.40. The van der Waals surface area contributed by atoms with Crippen LogP contribution in [0.1, 0.15) is 48.6 Å². The second kappa shape index (κ2) is 14.2. The summed E-state index contributed by atoms with van der Waals surface area (Å²) in [6.45, 7) is 6.90. The molecule has 0 N–H and O–H groups in total. The van der Waals surface area contributed by atoms with Crippen molar-refractivity contribution in [1.29, 1.82) is 0 Å². The van der Waals surface area contributed by atoms with Gasteiger partial charge in [0.05, 0.1) is 38.9 Å². The highest BCUT2D eigenvalue weighted by molar-refractivity contribution is 6.19. The van der Waals surface area contributed by atoms with Gasteiger partial charge in [-0.3, -0.25) is 0 Å². The van der Waals surface area contributed by atoms with Crippen LogP contribution in [0, 0.1) is 0 Å². The van der Waals surface area contributed by atoms with Crippen molar-refractivity contribution in [3.63, 3.8) is 0 Å². The van der Waals surface area contributed by atoms with E-state index in [1.54, 1.807) is 0 Å². The second-order valence-corrected chi connectivity index (χ2v) is 20.4. The highest BCUT2D eigenvalue weighted by atomic mass is 15.1. The summed E-state index contributed by atoms with van der Waals surface area (Å²) in [5.41, 5.74) is 19.2. The van der Waals surface area contributed by atoms with Gasteiger partial charge in [-0.1, -0.05) is 185 Å². The van der Waals surface area contributed by atoms with E-state index in [2.05, 4.69) is 265 Å². The fourth-order valence-corrected chi connectivity index (χ4v) is 12.9. The summed E-state index contributed by atoms with van der Waals surface area (Å²) in [5.74, 6) is 0. The topological polar surface area (TPSA) is 13.1 Å². The Bertz CT molecular complexity index is 4330. The van der Waals surface area contributed by atoms with Crippen LogP contribution in [0.2, 0.25) is 0 Å². The van der Waals surface area contributed by atoms with E-state index in [-0.39, 0.29) is 5.41 Å². The van der Waals surface area contributed by atoms with Gasteiger partial charge >= 0.3 is 0 Å². The number of rotatable bonds is 4. The minimum atomic E-state index is -0.650.